The van der Waals surface area contributed by atoms with E-state index in [1.807, 2.05) is 38.1 Å². The van der Waals surface area contributed by atoms with Gasteiger partial charge in [0.05, 0.1) is 23.3 Å². The molecule has 3 aliphatic rings. The lowest BCUT2D eigenvalue weighted by atomic mass is 10.0. The smallest absolute Gasteiger partial charge is 0.410 e. The predicted octanol–water partition coefficient (Wildman–Crippen LogP) is 6.95. The molecule has 2 heterocycles. The Bertz CT molecular complexity index is 1450. The first-order chi connectivity index (χ1) is 21.2. The highest BCUT2D eigenvalue weighted by atomic mass is 32.2. The van der Waals surface area contributed by atoms with Crippen LogP contribution in [0.4, 0.5) is 4.79 Å². The van der Waals surface area contributed by atoms with Crippen molar-refractivity contribution in [2.75, 3.05) is 26.3 Å². The van der Waals surface area contributed by atoms with Crippen molar-refractivity contribution in [3.05, 3.63) is 59.2 Å². The number of hydrogen-bond donors (Lipinski definition) is 0. The first kappa shape index (κ1) is 32.3. The van der Waals surface area contributed by atoms with Crippen LogP contribution in [-0.4, -0.2) is 56.8 Å². The normalized spacial score (nSPS) is 19.6. The molecule has 2 aliphatic heterocycles. The summed E-state index contributed by atoms with van der Waals surface area (Å²) in [6, 6.07) is 13.0. The van der Waals surface area contributed by atoms with Crippen LogP contribution in [0.1, 0.15) is 101 Å². The lowest BCUT2D eigenvalue weighted by Gasteiger charge is -2.32. The third kappa shape index (κ3) is 8.56. The van der Waals surface area contributed by atoms with Gasteiger partial charge in [0.2, 0.25) is 5.79 Å². The zero-order valence-electron chi connectivity index (χ0n) is 26.0. The number of sulfone groups is 1. The Morgan fingerprint density at radius 2 is 1.80 bits per heavy atom. The Morgan fingerprint density at radius 3 is 2.64 bits per heavy atom. The molecule has 44 heavy (non-hydrogen) atoms. The largest absolute Gasteiger partial charge is 0.463 e. The van der Waals surface area contributed by atoms with Crippen molar-refractivity contribution in [3.63, 3.8) is 0 Å². The maximum Gasteiger partial charge on any atom is 0.410 e. The van der Waals surface area contributed by atoms with Crippen LogP contribution in [-0.2, 0) is 30.7 Å². The summed E-state index contributed by atoms with van der Waals surface area (Å²) in [7, 11) is -3.26. The van der Waals surface area contributed by atoms with E-state index >= 15 is 0 Å². The van der Waals surface area contributed by atoms with E-state index in [-0.39, 0.29) is 17.4 Å². The van der Waals surface area contributed by atoms with Gasteiger partial charge in [-0.25, -0.2) is 13.2 Å². The highest BCUT2D eigenvalue weighted by molar-refractivity contribution is 7.92. The van der Waals surface area contributed by atoms with E-state index in [1.165, 1.54) is 0 Å². The molecule has 1 aliphatic carbocycles. The van der Waals surface area contributed by atoms with E-state index < -0.39 is 15.6 Å². The van der Waals surface area contributed by atoms with Gasteiger partial charge in [-0.05, 0) is 68.0 Å². The number of hydrogen-bond acceptors (Lipinski definition) is 7. The number of fused-ring (bicyclic) bond motifs is 1. The summed E-state index contributed by atoms with van der Waals surface area (Å²) >= 11 is 0. The molecule has 0 N–H and O–H groups in total. The molecule has 0 bridgehead atoms. The van der Waals surface area contributed by atoms with Crippen molar-refractivity contribution < 1.29 is 32.2 Å². The lowest BCUT2D eigenvalue weighted by molar-refractivity contribution is -0.180. The number of ether oxygens (including phenoxy) is 4. The van der Waals surface area contributed by atoms with Crippen molar-refractivity contribution in [3.8, 4) is 17.6 Å². The van der Waals surface area contributed by atoms with E-state index in [0.717, 1.165) is 80.2 Å². The molecule has 0 unspecified atom stereocenters. The third-order valence-electron chi connectivity index (χ3n) is 8.47. The summed E-state index contributed by atoms with van der Waals surface area (Å²) in [4.78, 5) is 14.6. The Labute approximate surface area is 262 Å². The maximum absolute atomic E-state index is 12.8. The van der Waals surface area contributed by atoms with Gasteiger partial charge in [-0.1, -0.05) is 49.7 Å². The van der Waals surface area contributed by atoms with Crippen molar-refractivity contribution in [2.45, 2.75) is 107 Å². The zero-order chi connectivity index (χ0) is 31.0. The third-order valence-corrected chi connectivity index (χ3v) is 10.7. The average Bonchev–Trinajstić information content (AvgIpc) is 3.68. The Balaban J connectivity index is 0.915. The van der Waals surface area contributed by atoms with Crippen LogP contribution < -0.4 is 4.74 Å². The first-order valence-corrected chi connectivity index (χ1v) is 17.6. The predicted molar refractivity (Wildman–Crippen MR) is 168 cm³/mol. The van der Waals surface area contributed by atoms with E-state index in [0.29, 0.717) is 44.2 Å². The molecule has 2 fully saturated rings. The molecule has 5 rings (SSSR count). The van der Waals surface area contributed by atoms with Crippen LogP contribution in [0.15, 0.2) is 47.4 Å². The minimum absolute atomic E-state index is 0.244. The monoisotopic (exact) mass is 623 g/mol. The van der Waals surface area contributed by atoms with Crippen molar-refractivity contribution >= 4 is 15.9 Å². The molecule has 2 aromatic rings. The zero-order valence-corrected chi connectivity index (χ0v) is 26.8. The molecule has 0 spiro atoms. The Hall–Kier alpha value is -3.06. The van der Waals surface area contributed by atoms with E-state index in [2.05, 4.69) is 11.8 Å². The number of amides is 1. The van der Waals surface area contributed by atoms with Crippen LogP contribution >= 0.6 is 0 Å². The van der Waals surface area contributed by atoms with Gasteiger partial charge in [0, 0.05) is 51.2 Å². The number of rotatable bonds is 13. The molecule has 0 radical (unpaired) electrons. The number of nitrogens with zero attached hydrogens (tertiary/aromatic N) is 1. The van der Waals surface area contributed by atoms with E-state index in [4.69, 9.17) is 18.9 Å². The van der Waals surface area contributed by atoms with Gasteiger partial charge < -0.3 is 23.8 Å². The van der Waals surface area contributed by atoms with Crippen molar-refractivity contribution in [2.24, 2.45) is 0 Å². The number of cyclic esters (lactones) is 1. The minimum Gasteiger partial charge on any atom is -0.463 e. The maximum atomic E-state index is 12.8. The van der Waals surface area contributed by atoms with Gasteiger partial charge in [-0.2, -0.15) is 0 Å². The van der Waals surface area contributed by atoms with Gasteiger partial charge in [-0.15, -0.1) is 0 Å². The Morgan fingerprint density at radius 1 is 1.00 bits per heavy atom. The number of carbonyl (C=O) groups excluding carboxylic acids is 1. The van der Waals surface area contributed by atoms with E-state index in [1.54, 1.807) is 23.1 Å². The number of benzene rings is 2. The van der Waals surface area contributed by atoms with Gasteiger partial charge in [0.1, 0.15) is 11.9 Å². The van der Waals surface area contributed by atoms with Gasteiger partial charge >= 0.3 is 6.09 Å². The summed E-state index contributed by atoms with van der Waals surface area (Å²) in [6.45, 7) is 6.88. The van der Waals surface area contributed by atoms with Gasteiger partial charge in [0.15, 0.2) is 9.84 Å². The van der Waals surface area contributed by atoms with Crippen LogP contribution in [0.3, 0.4) is 0 Å². The molecule has 1 amide bonds. The SMILES string of the molecule is CC1(C)OCc2cc([C@@H]3CN(CCCCCCOCCCC#Cc4cccc(S(=O)(=O)C5CCCC5)c4)C(=O)O3)ccc2O1. The molecule has 238 valence electrons. The molecule has 9 heteroatoms. The highest BCUT2D eigenvalue weighted by Gasteiger charge is 2.34. The fraction of sp³-hybridized carbons (Fsp3) is 0.571. The van der Waals surface area contributed by atoms with Gasteiger partial charge in [-0.3, -0.25) is 0 Å². The summed E-state index contributed by atoms with van der Waals surface area (Å²) in [5, 5.41) is -0.244. The first-order valence-electron chi connectivity index (χ1n) is 16.0. The molecule has 1 saturated carbocycles. The molecular weight excluding hydrogens is 578 g/mol. The van der Waals surface area contributed by atoms with Crippen molar-refractivity contribution in [1.29, 1.82) is 0 Å². The second-order valence-corrected chi connectivity index (χ2v) is 14.6. The second-order valence-electron chi connectivity index (χ2n) is 12.4. The lowest BCUT2D eigenvalue weighted by Crippen LogP contribution is -2.35. The van der Waals surface area contributed by atoms with Crippen LogP contribution in [0.2, 0.25) is 0 Å². The average molecular weight is 624 g/mol. The summed E-state index contributed by atoms with van der Waals surface area (Å²) in [5.74, 6) is 6.44. The fourth-order valence-corrected chi connectivity index (χ4v) is 7.85. The number of carbonyl (C=O) groups is 1. The molecule has 2 aromatic carbocycles. The summed E-state index contributed by atoms with van der Waals surface area (Å²) < 4.78 is 48.7. The molecule has 0 aromatic heterocycles. The quantitative estimate of drug-likeness (QED) is 0.176. The fourth-order valence-electron chi connectivity index (χ4n) is 5.95. The molecule has 8 nitrogen and oxygen atoms in total. The highest BCUT2D eigenvalue weighted by Crippen LogP contribution is 2.35. The van der Waals surface area contributed by atoms with Crippen LogP contribution in [0.25, 0.3) is 0 Å². The van der Waals surface area contributed by atoms with Crippen LogP contribution in [0, 0.1) is 11.8 Å². The molecule has 1 atom stereocenters. The minimum atomic E-state index is -3.26. The topological polar surface area (TPSA) is 91.4 Å². The summed E-state index contributed by atoms with van der Waals surface area (Å²) in [5.41, 5.74) is 2.69. The summed E-state index contributed by atoms with van der Waals surface area (Å²) in [6.07, 6.45) is 8.52. The Kier molecular flexibility index (Phi) is 10.9. The number of unbranched alkanes of at least 4 members (excludes halogenated alkanes) is 4. The van der Waals surface area contributed by atoms with E-state index in [9.17, 15) is 13.2 Å². The van der Waals surface area contributed by atoms with Crippen molar-refractivity contribution in [1.82, 2.24) is 4.90 Å². The van der Waals surface area contributed by atoms with Crippen LogP contribution in [0.5, 0.6) is 5.75 Å². The van der Waals surface area contributed by atoms with Gasteiger partial charge in [0.25, 0.3) is 0 Å². The molecule has 1 saturated heterocycles. The molecular formula is C35H45NO7S. The standard InChI is InChI=1S/C35H45NO7S/c1-35(2)41-26-29-24-28(18-19-32(29)43-35)33-25-36(34(37)42-33)20-9-3-4-10-21-40-22-11-5-6-13-27-14-12-17-31(23-27)44(38,39)30-15-7-8-16-30/h12,14,17-19,23-24,30,33H,3-5,7-11,15-16,20-22,25-26H2,1-2H3/t33-/m0/s1. The second kappa shape index (κ2) is 14.8.